The number of anilines is 1. The number of primary amides is 1. The number of nitriles is 1. The zero-order chi connectivity index (χ0) is 23.7. The van der Waals surface area contributed by atoms with Crippen LogP contribution in [0.1, 0.15) is 39.3 Å². The SMILES string of the molecule is N#Cc1ccc2[nH]cc(C(=O)CCCN3CCN(c4ccc5oc(C(N)=O)cc5c4)CC3)c2c1. The van der Waals surface area contributed by atoms with E-state index < -0.39 is 5.91 Å². The molecule has 0 bridgehead atoms. The summed E-state index contributed by atoms with van der Waals surface area (Å²) < 4.78 is 5.47. The van der Waals surface area contributed by atoms with Crippen molar-refractivity contribution < 1.29 is 14.0 Å². The Balaban J connectivity index is 1.14. The summed E-state index contributed by atoms with van der Waals surface area (Å²) in [6.45, 7) is 4.48. The van der Waals surface area contributed by atoms with Gasteiger partial charge >= 0.3 is 0 Å². The van der Waals surface area contributed by atoms with Crippen molar-refractivity contribution >= 4 is 39.2 Å². The number of piperazine rings is 1. The van der Waals surface area contributed by atoms with Crippen LogP contribution in [0.25, 0.3) is 21.9 Å². The highest BCUT2D eigenvalue weighted by Crippen LogP contribution is 2.26. The van der Waals surface area contributed by atoms with Gasteiger partial charge in [0.05, 0.1) is 11.6 Å². The monoisotopic (exact) mass is 455 g/mol. The highest BCUT2D eigenvalue weighted by Gasteiger charge is 2.19. The molecule has 0 spiro atoms. The number of aromatic nitrogens is 1. The zero-order valence-corrected chi connectivity index (χ0v) is 18.7. The van der Waals surface area contributed by atoms with Crippen molar-refractivity contribution in [2.45, 2.75) is 12.8 Å². The molecule has 0 unspecified atom stereocenters. The highest BCUT2D eigenvalue weighted by atomic mass is 16.3. The molecule has 0 atom stereocenters. The number of H-pyrrole nitrogens is 1. The molecule has 4 aromatic rings. The fourth-order valence-electron chi connectivity index (χ4n) is 4.60. The van der Waals surface area contributed by atoms with Gasteiger partial charge in [0.2, 0.25) is 0 Å². The molecule has 1 aliphatic heterocycles. The number of Topliss-reactive ketones (excluding diaryl/α,β-unsaturated/α-hetero) is 1. The Morgan fingerprint density at radius 3 is 2.68 bits per heavy atom. The minimum Gasteiger partial charge on any atom is -0.451 e. The number of furan rings is 1. The number of nitrogens with one attached hydrogen (secondary N) is 1. The average Bonchev–Trinajstić information content (AvgIpc) is 3.48. The van der Waals surface area contributed by atoms with Crippen LogP contribution in [0.2, 0.25) is 0 Å². The zero-order valence-electron chi connectivity index (χ0n) is 18.7. The number of ketones is 1. The molecular weight excluding hydrogens is 430 g/mol. The summed E-state index contributed by atoms with van der Waals surface area (Å²) in [7, 11) is 0. The molecule has 1 amide bonds. The Morgan fingerprint density at radius 2 is 1.91 bits per heavy atom. The average molecular weight is 456 g/mol. The third-order valence-corrected chi connectivity index (χ3v) is 6.47. The lowest BCUT2D eigenvalue weighted by Crippen LogP contribution is -2.46. The van der Waals surface area contributed by atoms with Crippen molar-refractivity contribution in [1.29, 1.82) is 5.26 Å². The number of nitrogens with zero attached hydrogens (tertiary/aromatic N) is 3. The van der Waals surface area contributed by atoms with E-state index in [1.54, 1.807) is 24.4 Å². The van der Waals surface area contributed by atoms with E-state index in [1.165, 1.54) is 0 Å². The molecule has 8 heteroatoms. The van der Waals surface area contributed by atoms with E-state index >= 15 is 0 Å². The second-order valence-electron chi connectivity index (χ2n) is 8.63. The van der Waals surface area contributed by atoms with Gasteiger partial charge in [-0.05, 0) is 55.4 Å². The number of hydrogen-bond acceptors (Lipinski definition) is 6. The van der Waals surface area contributed by atoms with Crippen LogP contribution in [0.3, 0.4) is 0 Å². The van der Waals surface area contributed by atoms with Crippen molar-refractivity contribution in [3.63, 3.8) is 0 Å². The lowest BCUT2D eigenvalue weighted by atomic mass is 10.0. The first kappa shape index (κ1) is 21.7. The molecule has 1 saturated heterocycles. The molecule has 0 aliphatic carbocycles. The van der Waals surface area contributed by atoms with Gasteiger partial charge in [0, 0.05) is 66.3 Å². The number of nitrogens with two attached hydrogens (primary N) is 1. The number of carbonyl (C=O) groups is 2. The maximum Gasteiger partial charge on any atom is 0.284 e. The van der Waals surface area contributed by atoms with Crippen LogP contribution < -0.4 is 10.6 Å². The molecule has 2 aromatic heterocycles. The van der Waals surface area contributed by atoms with Crippen molar-refractivity contribution in [3.8, 4) is 6.07 Å². The number of fused-ring (bicyclic) bond motifs is 2. The van der Waals surface area contributed by atoms with Gasteiger partial charge in [-0.2, -0.15) is 5.26 Å². The minimum atomic E-state index is -0.568. The predicted molar refractivity (Wildman–Crippen MR) is 130 cm³/mol. The van der Waals surface area contributed by atoms with Gasteiger partial charge in [-0.3, -0.25) is 14.5 Å². The van der Waals surface area contributed by atoms with Crippen LogP contribution in [0.4, 0.5) is 5.69 Å². The van der Waals surface area contributed by atoms with Crippen LogP contribution >= 0.6 is 0 Å². The number of benzene rings is 2. The van der Waals surface area contributed by atoms with Crippen molar-refractivity contribution in [2.75, 3.05) is 37.6 Å². The third kappa shape index (κ3) is 4.26. The summed E-state index contributed by atoms with van der Waals surface area (Å²) in [6, 6.07) is 15.1. The van der Waals surface area contributed by atoms with Crippen LogP contribution in [0, 0.1) is 11.3 Å². The number of rotatable bonds is 7. The van der Waals surface area contributed by atoms with Crippen LogP contribution in [-0.2, 0) is 0 Å². The molecule has 1 fully saturated rings. The molecule has 5 rings (SSSR count). The first-order valence-electron chi connectivity index (χ1n) is 11.4. The summed E-state index contributed by atoms with van der Waals surface area (Å²) in [5, 5.41) is 10.8. The first-order chi connectivity index (χ1) is 16.5. The van der Waals surface area contributed by atoms with E-state index in [4.69, 9.17) is 15.4 Å². The Bertz CT molecular complexity index is 1420. The Labute approximate surface area is 196 Å². The van der Waals surface area contributed by atoms with Gasteiger partial charge in [-0.15, -0.1) is 0 Å². The van der Waals surface area contributed by atoms with Gasteiger partial charge in [-0.1, -0.05) is 0 Å². The molecule has 3 N–H and O–H groups in total. The van der Waals surface area contributed by atoms with E-state index in [0.717, 1.165) is 61.1 Å². The first-order valence-corrected chi connectivity index (χ1v) is 11.4. The molecule has 34 heavy (non-hydrogen) atoms. The number of amides is 1. The van der Waals surface area contributed by atoms with E-state index in [0.29, 0.717) is 23.1 Å². The molecule has 172 valence electrons. The minimum absolute atomic E-state index is 0.101. The summed E-state index contributed by atoms with van der Waals surface area (Å²) in [5.41, 5.74) is 9.14. The van der Waals surface area contributed by atoms with Crippen LogP contribution in [0.15, 0.2) is 53.1 Å². The molecule has 1 aliphatic rings. The van der Waals surface area contributed by atoms with E-state index in [2.05, 4.69) is 20.9 Å². The normalized spacial score (nSPS) is 14.5. The molecular formula is C26H25N5O3. The second kappa shape index (κ2) is 9.04. The maximum absolute atomic E-state index is 12.8. The molecule has 3 heterocycles. The Morgan fingerprint density at radius 1 is 1.09 bits per heavy atom. The topological polar surface area (TPSA) is 119 Å². The summed E-state index contributed by atoms with van der Waals surface area (Å²) in [4.78, 5) is 32.0. The molecule has 8 nitrogen and oxygen atoms in total. The van der Waals surface area contributed by atoms with E-state index in [9.17, 15) is 9.59 Å². The Kier molecular flexibility index (Phi) is 5.78. The number of aromatic amines is 1. The van der Waals surface area contributed by atoms with Crippen molar-refractivity contribution in [1.82, 2.24) is 9.88 Å². The van der Waals surface area contributed by atoms with Crippen LogP contribution in [-0.4, -0.2) is 54.3 Å². The summed E-state index contributed by atoms with van der Waals surface area (Å²) in [6.07, 6.45) is 3.01. The van der Waals surface area contributed by atoms with Gasteiger partial charge in [-0.25, -0.2) is 0 Å². The lowest BCUT2D eigenvalue weighted by Gasteiger charge is -2.36. The lowest BCUT2D eigenvalue weighted by molar-refractivity contribution is 0.0968. The molecule has 0 radical (unpaired) electrons. The van der Waals surface area contributed by atoms with Crippen molar-refractivity contribution in [2.24, 2.45) is 5.73 Å². The quantitative estimate of drug-likeness (QED) is 0.410. The van der Waals surface area contributed by atoms with Gasteiger partial charge in [0.15, 0.2) is 11.5 Å². The van der Waals surface area contributed by atoms with Gasteiger partial charge < -0.3 is 20.0 Å². The number of carbonyl (C=O) groups excluding carboxylic acids is 2. The molecule has 2 aromatic carbocycles. The van der Waals surface area contributed by atoms with Gasteiger partial charge in [0.1, 0.15) is 5.58 Å². The largest absolute Gasteiger partial charge is 0.451 e. The fraction of sp³-hybridized carbons (Fsp3) is 0.269. The molecule has 0 saturated carbocycles. The standard InChI is InChI=1S/C26H25N5O3/c27-15-17-3-5-22-20(12-17)21(16-29-22)23(32)2-1-7-30-8-10-31(11-9-30)19-4-6-24-18(13-19)14-25(34-24)26(28)33/h3-6,12-14,16,29H,1-2,7-11H2,(H2,28,33). The third-order valence-electron chi connectivity index (χ3n) is 6.47. The smallest absolute Gasteiger partial charge is 0.284 e. The van der Waals surface area contributed by atoms with Gasteiger partial charge in [0.25, 0.3) is 5.91 Å². The highest BCUT2D eigenvalue weighted by molar-refractivity contribution is 6.08. The fourth-order valence-corrected chi connectivity index (χ4v) is 4.60. The second-order valence-corrected chi connectivity index (χ2v) is 8.63. The van der Waals surface area contributed by atoms with E-state index in [1.807, 2.05) is 24.3 Å². The predicted octanol–water partition coefficient (Wildman–Crippen LogP) is 3.67. The van der Waals surface area contributed by atoms with Crippen LogP contribution in [0.5, 0.6) is 0 Å². The van der Waals surface area contributed by atoms with Crippen molar-refractivity contribution in [3.05, 3.63) is 65.5 Å². The summed E-state index contributed by atoms with van der Waals surface area (Å²) >= 11 is 0. The number of hydrogen-bond donors (Lipinski definition) is 2. The maximum atomic E-state index is 12.8. The van der Waals surface area contributed by atoms with E-state index in [-0.39, 0.29) is 11.5 Å². The Hall–Kier alpha value is -4.09. The summed E-state index contributed by atoms with van der Waals surface area (Å²) in [5.74, 6) is -0.296.